The molecular formula is C20H27NO3. The summed E-state index contributed by atoms with van der Waals surface area (Å²) >= 11 is 0. The average Bonchev–Trinajstić information content (AvgIpc) is 2.61. The van der Waals surface area contributed by atoms with Gasteiger partial charge in [0.15, 0.2) is 0 Å². The van der Waals surface area contributed by atoms with Gasteiger partial charge < -0.3 is 19.5 Å². The highest BCUT2D eigenvalue weighted by atomic mass is 16.5. The average molecular weight is 329 g/mol. The minimum atomic E-state index is 0.772. The molecule has 2 rings (SSSR count). The molecule has 0 bridgehead atoms. The molecule has 0 saturated heterocycles. The van der Waals surface area contributed by atoms with Crippen LogP contribution in [0.1, 0.15) is 22.3 Å². The van der Waals surface area contributed by atoms with Gasteiger partial charge in [0.25, 0.3) is 0 Å². The maximum Gasteiger partial charge on any atom is 0.125 e. The van der Waals surface area contributed by atoms with Crippen molar-refractivity contribution in [2.45, 2.75) is 26.8 Å². The molecule has 2 aromatic carbocycles. The summed E-state index contributed by atoms with van der Waals surface area (Å²) in [5.74, 6) is 2.77. The normalized spacial score (nSPS) is 10.5. The number of methoxy groups -OCH3 is 3. The lowest BCUT2D eigenvalue weighted by Crippen LogP contribution is -2.17. The van der Waals surface area contributed by atoms with Gasteiger partial charge in [0.2, 0.25) is 0 Å². The van der Waals surface area contributed by atoms with Crippen molar-refractivity contribution in [1.29, 1.82) is 0 Å². The van der Waals surface area contributed by atoms with Crippen LogP contribution >= 0.6 is 0 Å². The lowest BCUT2D eigenvalue weighted by Gasteiger charge is -2.17. The molecule has 0 amide bonds. The highest BCUT2D eigenvalue weighted by Gasteiger charge is 2.13. The fourth-order valence-electron chi connectivity index (χ4n) is 2.91. The third-order valence-electron chi connectivity index (χ3n) is 4.37. The van der Waals surface area contributed by atoms with Crippen molar-refractivity contribution in [1.82, 2.24) is 5.32 Å². The lowest BCUT2D eigenvalue weighted by atomic mass is 10.0. The molecule has 0 aliphatic rings. The minimum absolute atomic E-state index is 0.772. The Morgan fingerprint density at radius 1 is 0.833 bits per heavy atom. The van der Waals surface area contributed by atoms with Gasteiger partial charge in [-0.05, 0) is 55.6 Å². The first kappa shape index (κ1) is 18.1. The van der Waals surface area contributed by atoms with Gasteiger partial charge in [-0.25, -0.2) is 0 Å². The molecule has 2 aromatic rings. The van der Waals surface area contributed by atoms with Crippen molar-refractivity contribution < 1.29 is 14.2 Å². The third-order valence-corrected chi connectivity index (χ3v) is 4.37. The van der Waals surface area contributed by atoms with Crippen LogP contribution in [0, 0.1) is 13.8 Å². The second-order valence-corrected chi connectivity index (χ2v) is 5.76. The van der Waals surface area contributed by atoms with Crippen molar-refractivity contribution in [3.63, 3.8) is 0 Å². The summed E-state index contributed by atoms with van der Waals surface area (Å²) in [4.78, 5) is 0. The molecule has 0 aliphatic carbocycles. The van der Waals surface area contributed by atoms with Crippen LogP contribution in [0.4, 0.5) is 0 Å². The predicted octanol–water partition coefficient (Wildman–Crippen LogP) is 3.66. The molecule has 0 aromatic heterocycles. The first-order valence-electron chi connectivity index (χ1n) is 8.16. The summed E-state index contributed by atoms with van der Waals surface area (Å²) in [6, 6.07) is 10.1. The molecule has 1 N–H and O–H groups in total. The number of nitrogens with one attached hydrogen (secondary N) is 1. The molecule has 24 heavy (non-hydrogen) atoms. The van der Waals surface area contributed by atoms with Crippen LogP contribution in [0.5, 0.6) is 17.2 Å². The van der Waals surface area contributed by atoms with Crippen LogP contribution in [0.25, 0.3) is 0 Å². The smallest absolute Gasteiger partial charge is 0.125 e. The highest BCUT2D eigenvalue weighted by molar-refractivity contribution is 5.52. The Morgan fingerprint density at radius 3 is 2.21 bits per heavy atom. The topological polar surface area (TPSA) is 39.7 Å². The molecule has 0 fully saturated rings. The van der Waals surface area contributed by atoms with Gasteiger partial charge >= 0.3 is 0 Å². The second kappa shape index (κ2) is 8.60. The number of para-hydroxylation sites is 1. The summed E-state index contributed by atoms with van der Waals surface area (Å²) in [7, 11) is 5.13. The van der Waals surface area contributed by atoms with Crippen LogP contribution in [0.3, 0.4) is 0 Å². The fourth-order valence-corrected chi connectivity index (χ4v) is 2.91. The molecule has 4 nitrogen and oxygen atoms in total. The monoisotopic (exact) mass is 329 g/mol. The van der Waals surface area contributed by atoms with Gasteiger partial charge in [0, 0.05) is 12.1 Å². The van der Waals surface area contributed by atoms with E-state index >= 15 is 0 Å². The van der Waals surface area contributed by atoms with E-state index in [9.17, 15) is 0 Å². The number of ether oxygens (including phenoxy) is 3. The Hall–Kier alpha value is -2.20. The third kappa shape index (κ3) is 4.01. The van der Waals surface area contributed by atoms with Crippen molar-refractivity contribution in [2.24, 2.45) is 0 Å². The van der Waals surface area contributed by atoms with Crippen molar-refractivity contribution in [2.75, 3.05) is 27.9 Å². The molecule has 130 valence electrons. The van der Waals surface area contributed by atoms with Gasteiger partial charge in [-0.3, -0.25) is 0 Å². The Labute approximate surface area is 144 Å². The van der Waals surface area contributed by atoms with Gasteiger partial charge in [-0.2, -0.15) is 0 Å². The Balaban J connectivity index is 2.03. The van der Waals surface area contributed by atoms with E-state index in [-0.39, 0.29) is 0 Å². The summed E-state index contributed by atoms with van der Waals surface area (Å²) in [6.45, 7) is 5.75. The predicted molar refractivity (Wildman–Crippen MR) is 97.4 cm³/mol. The van der Waals surface area contributed by atoms with Crippen LogP contribution in [0.15, 0.2) is 30.3 Å². The summed E-state index contributed by atoms with van der Waals surface area (Å²) in [5, 5.41) is 3.47. The van der Waals surface area contributed by atoms with E-state index in [1.54, 1.807) is 21.3 Å². The highest BCUT2D eigenvalue weighted by Crippen LogP contribution is 2.33. The lowest BCUT2D eigenvalue weighted by molar-refractivity contribution is 0.392. The molecule has 0 unspecified atom stereocenters. The second-order valence-electron chi connectivity index (χ2n) is 5.76. The molecular weight excluding hydrogens is 302 g/mol. The zero-order chi connectivity index (χ0) is 17.5. The van der Waals surface area contributed by atoms with Crippen LogP contribution in [-0.4, -0.2) is 27.9 Å². The zero-order valence-corrected chi connectivity index (χ0v) is 15.2. The van der Waals surface area contributed by atoms with Crippen molar-refractivity contribution in [3.8, 4) is 17.2 Å². The molecule has 0 aliphatic heterocycles. The standard InChI is InChI=1S/C20H27NO3/c1-14-15(2)20(24-5)16(12-19(14)23-4)10-11-21-13-17-8-6-7-9-18(17)22-3/h6-9,12,21H,10-11,13H2,1-5H3. The van der Waals surface area contributed by atoms with Crippen LogP contribution in [-0.2, 0) is 13.0 Å². The molecule has 0 atom stereocenters. The maximum absolute atomic E-state index is 5.60. The van der Waals surface area contributed by atoms with Gasteiger partial charge in [0.1, 0.15) is 17.2 Å². The van der Waals surface area contributed by atoms with E-state index in [0.29, 0.717) is 0 Å². The Morgan fingerprint density at radius 2 is 1.54 bits per heavy atom. The van der Waals surface area contributed by atoms with Crippen LogP contribution in [0.2, 0.25) is 0 Å². The Kier molecular flexibility index (Phi) is 6.50. The minimum Gasteiger partial charge on any atom is -0.496 e. The number of rotatable bonds is 8. The number of hydrogen-bond donors (Lipinski definition) is 1. The number of benzene rings is 2. The molecule has 4 heteroatoms. The fraction of sp³-hybridized carbons (Fsp3) is 0.400. The largest absolute Gasteiger partial charge is 0.496 e. The van der Waals surface area contributed by atoms with E-state index in [1.807, 2.05) is 18.2 Å². The van der Waals surface area contributed by atoms with E-state index in [4.69, 9.17) is 14.2 Å². The van der Waals surface area contributed by atoms with Crippen LogP contribution < -0.4 is 19.5 Å². The van der Waals surface area contributed by atoms with Gasteiger partial charge in [-0.15, -0.1) is 0 Å². The van der Waals surface area contributed by atoms with Gasteiger partial charge in [0.05, 0.1) is 21.3 Å². The van der Waals surface area contributed by atoms with E-state index in [1.165, 1.54) is 0 Å². The zero-order valence-electron chi connectivity index (χ0n) is 15.2. The van der Waals surface area contributed by atoms with E-state index in [2.05, 4.69) is 31.3 Å². The van der Waals surface area contributed by atoms with E-state index in [0.717, 1.165) is 59.0 Å². The van der Waals surface area contributed by atoms with Crippen molar-refractivity contribution >= 4 is 0 Å². The van der Waals surface area contributed by atoms with Crippen molar-refractivity contribution in [3.05, 3.63) is 52.6 Å². The SMILES string of the molecule is COc1ccccc1CNCCc1cc(OC)c(C)c(C)c1OC. The summed E-state index contributed by atoms with van der Waals surface area (Å²) < 4.78 is 16.5. The van der Waals surface area contributed by atoms with E-state index < -0.39 is 0 Å². The Bertz CT molecular complexity index is 683. The molecule has 0 radical (unpaired) electrons. The number of hydrogen-bond acceptors (Lipinski definition) is 4. The summed E-state index contributed by atoms with van der Waals surface area (Å²) in [6.07, 6.45) is 0.871. The van der Waals surface area contributed by atoms with Gasteiger partial charge in [-0.1, -0.05) is 18.2 Å². The molecule has 0 heterocycles. The summed E-state index contributed by atoms with van der Waals surface area (Å²) in [5.41, 5.74) is 4.58. The molecule has 0 spiro atoms. The first-order valence-corrected chi connectivity index (χ1v) is 8.16. The quantitative estimate of drug-likeness (QED) is 0.750. The first-order chi connectivity index (χ1) is 11.6. The maximum atomic E-state index is 5.60. The molecule has 0 saturated carbocycles.